The van der Waals surface area contributed by atoms with Crippen molar-refractivity contribution in [3.63, 3.8) is 0 Å². The Morgan fingerprint density at radius 1 is 1.32 bits per heavy atom. The van der Waals surface area contributed by atoms with Gasteiger partial charge in [-0.05, 0) is 13.3 Å². The van der Waals surface area contributed by atoms with E-state index in [4.69, 9.17) is 0 Å². The topological polar surface area (TPSA) is 62.7 Å². The fourth-order valence-corrected chi connectivity index (χ4v) is 3.01. The van der Waals surface area contributed by atoms with Crippen LogP contribution in [0.15, 0.2) is 5.38 Å². The van der Waals surface area contributed by atoms with Crippen molar-refractivity contribution in [2.45, 2.75) is 39.9 Å². The van der Waals surface area contributed by atoms with Crippen LogP contribution in [0, 0.1) is 6.92 Å². The van der Waals surface area contributed by atoms with Crippen molar-refractivity contribution in [1.82, 2.24) is 20.3 Å². The smallest absolute Gasteiger partial charge is 0.134 e. The molecule has 1 aliphatic heterocycles. The molecule has 19 heavy (non-hydrogen) atoms. The van der Waals surface area contributed by atoms with Crippen LogP contribution in [0.1, 0.15) is 34.7 Å². The Kier molecular flexibility index (Phi) is 3.44. The lowest BCUT2D eigenvalue weighted by Gasteiger charge is -2.09. The summed E-state index contributed by atoms with van der Waals surface area (Å²) in [5.41, 5.74) is 3.47. The summed E-state index contributed by atoms with van der Waals surface area (Å²) in [5.74, 6) is 1.76. The Balaban J connectivity index is 1.76. The molecule has 2 aromatic heterocycles. The van der Waals surface area contributed by atoms with Crippen molar-refractivity contribution >= 4 is 17.2 Å². The average molecular weight is 275 g/mol. The van der Waals surface area contributed by atoms with Crippen molar-refractivity contribution in [3.8, 4) is 0 Å². The van der Waals surface area contributed by atoms with E-state index in [1.807, 2.05) is 6.92 Å². The monoisotopic (exact) mass is 275 g/mol. The Bertz CT molecular complexity index is 593. The zero-order valence-corrected chi connectivity index (χ0v) is 12.0. The van der Waals surface area contributed by atoms with Crippen LogP contribution < -0.4 is 10.6 Å². The molecule has 5 nitrogen and oxygen atoms in total. The summed E-state index contributed by atoms with van der Waals surface area (Å²) in [7, 11) is 0. The highest BCUT2D eigenvalue weighted by atomic mass is 32.1. The zero-order valence-electron chi connectivity index (χ0n) is 11.2. The van der Waals surface area contributed by atoms with Gasteiger partial charge >= 0.3 is 0 Å². The summed E-state index contributed by atoms with van der Waals surface area (Å²) in [5, 5.41) is 9.93. The van der Waals surface area contributed by atoms with E-state index in [0.29, 0.717) is 0 Å². The minimum absolute atomic E-state index is 0.730. The standard InChI is InChI=1S/C13H17N5S/c1-3-9-7-19-12(18-9)6-15-13-10-4-14-5-11(10)16-8(2)17-13/h7,14H,3-6H2,1-2H3,(H,15,16,17). The molecular formula is C13H17N5S. The van der Waals surface area contributed by atoms with Gasteiger partial charge in [-0.25, -0.2) is 15.0 Å². The van der Waals surface area contributed by atoms with Crippen molar-refractivity contribution in [2.75, 3.05) is 5.32 Å². The molecule has 0 spiro atoms. The van der Waals surface area contributed by atoms with Gasteiger partial charge in [-0.2, -0.15) is 0 Å². The van der Waals surface area contributed by atoms with Crippen LogP contribution in [-0.2, 0) is 26.1 Å². The maximum atomic E-state index is 4.56. The van der Waals surface area contributed by atoms with Gasteiger partial charge in [-0.1, -0.05) is 6.92 Å². The van der Waals surface area contributed by atoms with Gasteiger partial charge in [-0.15, -0.1) is 11.3 Å². The number of aryl methyl sites for hydroxylation is 2. The third-order valence-corrected chi connectivity index (χ3v) is 4.07. The summed E-state index contributed by atoms with van der Waals surface area (Å²) in [6.45, 7) is 6.47. The van der Waals surface area contributed by atoms with E-state index in [2.05, 4.69) is 37.9 Å². The number of anilines is 1. The third-order valence-electron chi connectivity index (χ3n) is 3.17. The predicted octanol–water partition coefficient (Wildman–Crippen LogP) is 2.02. The van der Waals surface area contributed by atoms with E-state index in [9.17, 15) is 0 Å². The van der Waals surface area contributed by atoms with E-state index in [0.717, 1.165) is 54.1 Å². The van der Waals surface area contributed by atoms with Gasteiger partial charge in [0.25, 0.3) is 0 Å². The van der Waals surface area contributed by atoms with Crippen molar-refractivity contribution in [3.05, 3.63) is 33.2 Å². The summed E-state index contributed by atoms with van der Waals surface area (Å²) in [4.78, 5) is 13.5. The van der Waals surface area contributed by atoms with E-state index < -0.39 is 0 Å². The highest BCUT2D eigenvalue weighted by Gasteiger charge is 2.17. The van der Waals surface area contributed by atoms with Crippen LogP contribution in [0.2, 0.25) is 0 Å². The minimum Gasteiger partial charge on any atom is -0.363 e. The van der Waals surface area contributed by atoms with E-state index in [-0.39, 0.29) is 0 Å². The Morgan fingerprint density at radius 2 is 2.21 bits per heavy atom. The molecule has 100 valence electrons. The molecule has 0 radical (unpaired) electrons. The molecule has 0 aromatic carbocycles. The van der Waals surface area contributed by atoms with Gasteiger partial charge in [-0.3, -0.25) is 0 Å². The van der Waals surface area contributed by atoms with E-state index in [1.165, 1.54) is 5.56 Å². The first-order valence-corrected chi connectivity index (χ1v) is 7.38. The second kappa shape index (κ2) is 5.22. The normalized spacial score (nSPS) is 13.6. The fraction of sp³-hybridized carbons (Fsp3) is 0.462. The number of nitrogens with zero attached hydrogens (tertiary/aromatic N) is 3. The Labute approximate surface area is 116 Å². The largest absolute Gasteiger partial charge is 0.363 e. The van der Waals surface area contributed by atoms with Crippen molar-refractivity contribution in [2.24, 2.45) is 0 Å². The van der Waals surface area contributed by atoms with Crippen LogP contribution in [0.3, 0.4) is 0 Å². The quantitative estimate of drug-likeness (QED) is 0.894. The minimum atomic E-state index is 0.730. The SMILES string of the molecule is CCc1csc(CNc2nc(C)nc3c2CNC3)n1. The average Bonchev–Trinajstić information content (AvgIpc) is 3.03. The van der Waals surface area contributed by atoms with Crippen LogP contribution in [0.5, 0.6) is 0 Å². The second-order valence-electron chi connectivity index (χ2n) is 4.59. The maximum absolute atomic E-state index is 4.56. The van der Waals surface area contributed by atoms with Gasteiger partial charge in [0.15, 0.2) is 0 Å². The van der Waals surface area contributed by atoms with Gasteiger partial charge in [0.1, 0.15) is 16.6 Å². The number of fused-ring (bicyclic) bond motifs is 1. The molecule has 6 heteroatoms. The van der Waals surface area contributed by atoms with Crippen LogP contribution >= 0.6 is 11.3 Å². The van der Waals surface area contributed by atoms with Crippen molar-refractivity contribution in [1.29, 1.82) is 0 Å². The molecule has 3 heterocycles. The number of thiazole rings is 1. The molecule has 0 fully saturated rings. The molecule has 0 saturated heterocycles. The maximum Gasteiger partial charge on any atom is 0.134 e. The zero-order chi connectivity index (χ0) is 13.2. The molecular weight excluding hydrogens is 258 g/mol. The van der Waals surface area contributed by atoms with Crippen LogP contribution in [0.25, 0.3) is 0 Å². The van der Waals surface area contributed by atoms with E-state index >= 15 is 0 Å². The molecule has 2 N–H and O–H groups in total. The Morgan fingerprint density at radius 3 is 3.00 bits per heavy atom. The lowest BCUT2D eigenvalue weighted by molar-refractivity contribution is 0.757. The molecule has 0 unspecified atom stereocenters. The predicted molar refractivity (Wildman–Crippen MR) is 76.1 cm³/mol. The number of hydrogen-bond acceptors (Lipinski definition) is 6. The first kappa shape index (κ1) is 12.5. The van der Waals surface area contributed by atoms with Gasteiger partial charge in [0.05, 0.1) is 17.9 Å². The summed E-state index contributed by atoms with van der Waals surface area (Å²) >= 11 is 1.70. The van der Waals surface area contributed by atoms with Gasteiger partial charge in [0.2, 0.25) is 0 Å². The molecule has 0 aliphatic carbocycles. The molecule has 0 atom stereocenters. The summed E-state index contributed by atoms with van der Waals surface area (Å²) in [6, 6.07) is 0. The summed E-state index contributed by atoms with van der Waals surface area (Å²) < 4.78 is 0. The molecule has 0 saturated carbocycles. The number of aromatic nitrogens is 3. The first-order chi connectivity index (χ1) is 9.26. The molecule has 3 rings (SSSR count). The van der Waals surface area contributed by atoms with Crippen LogP contribution in [0.4, 0.5) is 5.82 Å². The number of rotatable bonds is 4. The number of hydrogen-bond donors (Lipinski definition) is 2. The molecule has 0 bridgehead atoms. The lowest BCUT2D eigenvalue weighted by atomic mass is 10.2. The number of nitrogens with one attached hydrogen (secondary N) is 2. The first-order valence-electron chi connectivity index (χ1n) is 6.50. The van der Waals surface area contributed by atoms with Gasteiger partial charge < -0.3 is 10.6 Å². The van der Waals surface area contributed by atoms with Crippen molar-refractivity contribution < 1.29 is 0 Å². The fourth-order valence-electron chi connectivity index (χ4n) is 2.19. The molecule has 1 aliphatic rings. The third kappa shape index (κ3) is 2.59. The second-order valence-corrected chi connectivity index (χ2v) is 5.53. The highest BCUT2D eigenvalue weighted by Crippen LogP contribution is 2.22. The Hall–Kier alpha value is -1.53. The van der Waals surface area contributed by atoms with Gasteiger partial charge in [0, 0.05) is 24.0 Å². The highest BCUT2D eigenvalue weighted by molar-refractivity contribution is 7.09. The van der Waals surface area contributed by atoms with Crippen LogP contribution in [-0.4, -0.2) is 15.0 Å². The molecule has 0 amide bonds. The van der Waals surface area contributed by atoms with E-state index in [1.54, 1.807) is 11.3 Å². The lowest BCUT2D eigenvalue weighted by Crippen LogP contribution is -2.07. The molecule has 2 aromatic rings. The summed E-state index contributed by atoms with van der Waals surface area (Å²) in [6.07, 6.45) is 0.989.